The van der Waals surface area contributed by atoms with Crippen LogP contribution in [0.5, 0.6) is 0 Å². The topological polar surface area (TPSA) is 59.8 Å². The Balaban J connectivity index is 1.65. The van der Waals surface area contributed by atoms with Gasteiger partial charge in [0, 0.05) is 6.54 Å². The highest BCUT2D eigenvalue weighted by Crippen LogP contribution is 2.27. The average molecular weight is 415 g/mol. The number of amides is 1. The van der Waals surface area contributed by atoms with Gasteiger partial charge in [-0.2, -0.15) is 0 Å². The summed E-state index contributed by atoms with van der Waals surface area (Å²) in [5.74, 6) is 1.70. The van der Waals surface area contributed by atoms with Gasteiger partial charge in [-0.15, -0.1) is 21.5 Å². The minimum Gasteiger partial charge on any atom is -0.349 e. The summed E-state index contributed by atoms with van der Waals surface area (Å²) >= 11 is 3.08. The zero-order valence-corrected chi connectivity index (χ0v) is 18.1. The van der Waals surface area contributed by atoms with Crippen molar-refractivity contribution in [1.82, 2.24) is 20.1 Å². The Morgan fingerprint density at radius 1 is 1.18 bits per heavy atom. The molecule has 148 valence electrons. The first-order valence-electron chi connectivity index (χ1n) is 9.52. The lowest BCUT2D eigenvalue weighted by molar-refractivity contribution is -0.119. The highest BCUT2D eigenvalue weighted by atomic mass is 32.2. The Bertz CT molecular complexity index is 875. The molecule has 0 radical (unpaired) electrons. The fraction of sp³-hybridized carbons (Fsp3) is 0.381. The van der Waals surface area contributed by atoms with Gasteiger partial charge in [-0.3, -0.25) is 4.79 Å². The van der Waals surface area contributed by atoms with Crippen molar-refractivity contribution in [2.24, 2.45) is 5.92 Å². The van der Waals surface area contributed by atoms with Crippen molar-refractivity contribution >= 4 is 29.0 Å². The van der Waals surface area contributed by atoms with Crippen LogP contribution in [0.2, 0.25) is 0 Å². The molecule has 2 aromatic heterocycles. The molecule has 0 fully saturated rings. The Labute approximate surface area is 174 Å². The van der Waals surface area contributed by atoms with Crippen LogP contribution >= 0.6 is 23.1 Å². The highest BCUT2D eigenvalue weighted by Gasteiger charge is 2.18. The molecule has 3 aromatic rings. The first-order chi connectivity index (χ1) is 13.6. The normalized spacial score (nSPS) is 12.3. The number of rotatable bonds is 9. The van der Waals surface area contributed by atoms with Gasteiger partial charge in [-0.25, -0.2) is 0 Å². The first kappa shape index (κ1) is 20.6. The maximum atomic E-state index is 12.6. The summed E-state index contributed by atoms with van der Waals surface area (Å²) in [7, 11) is 0. The molecule has 1 N–H and O–H groups in total. The molecule has 2 heterocycles. The molecule has 0 saturated carbocycles. The monoisotopic (exact) mass is 414 g/mol. The van der Waals surface area contributed by atoms with E-state index in [4.69, 9.17) is 0 Å². The molecule has 0 aliphatic carbocycles. The maximum absolute atomic E-state index is 12.6. The number of carbonyl (C=O) groups excluding carboxylic acids is 1. The molecule has 0 aliphatic heterocycles. The van der Waals surface area contributed by atoms with E-state index in [1.165, 1.54) is 11.8 Å². The van der Waals surface area contributed by atoms with E-state index in [1.807, 2.05) is 35.7 Å². The van der Waals surface area contributed by atoms with Crippen LogP contribution in [-0.4, -0.2) is 26.4 Å². The Kier molecular flexibility index (Phi) is 7.28. The summed E-state index contributed by atoms with van der Waals surface area (Å²) in [5.41, 5.74) is 1.14. The zero-order valence-electron chi connectivity index (χ0n) is 16.5. The summed E-state index contributed by atoms with van der Waals surface area (Å²) in [6.45, 7) is 7.18. The van der Waals surface area contributed by atoms with E-state index in [9.17, 15) is 4.79 Å². The molecule has 1 amide bonds. The number of thioether (sulfide) groups is 1. The Morgan fingerprint density at radius 3 is 2.61 bits per heavy atom. The highest BCUT2D eigenvalue weighted by molar-refractivity contribution is 7.99. The number of aromatic nitrogens is 3. The van der Waals surface area contributed by atoms with Gasteiger partial charge < -0.3 is 9.88 Å². The number of benzene rings is 1. The summed E-state index contributed by atoms with van der Waals surface area (Å²) in [5, 5.41) is 14.6. The molecule has 0 saturated heterocycles. The largest absolute Gasteiger partial charge is 0.349 e. The number of nitrogens with zero attached hydrogens (tertiary/aromatic N) is 3. The van der Waals surface area contributed by atoms with Gasteiger partial charge >= 0.3 is 0 Å². The third-order valence-corrected chi connectivity index (χ3v) is 6.18. The van der Waals surface area contributed by atoms with Crippen LogP contribution in [0, 0.1) is 5.92 Å². The second kappa shape index (κ2) is 9.89. The summed E-state index contributed by atoms with van der Waals surface area (Å²) in [4.78, 5) is 13.7. The molecule has 0 aliphatic rings. The number of thiophene rings is 1. The summed E-state index contributed by atoms with van der Waals surface area (Å²) in [6, 6.07) is 14.2. The number of carbonyl (C=O) groups is 1. The third kappa shape index (κ3) is 5.23. The van der Waals surface area contributed by atoms with E-state index >= 15 is 0 Å². The molecule has 1 atom stereocenters. The molecule has 1 aromatic carbocycles. The van der Waals surface area contributed by atoms with Crippen LogP contribution in [0.4, 0.5) is 0 Å². The Morgan fingerprint density at radius 2 is 1.96 bits per heavy atom. The quantitative estimate of drug-likeness (QED) is 0.499. The molecular weight excluding hydrogens is 388 g/mol. The fourth-order valence-electron chi connectivity index (χ4n) is 3.07. The van der Waals surface area contributed by atoms with Gasteiger partial charge in [0.1, 0.15) is 0 Å². The van der Waals surface area contributed by atoms with Crippen LogP contribution in [0.1, 0.15) is 38.8 Å². The molecule has 0 spiro atoms. The van der Waals surface area contributed by atoms with Gasteiger partial charge in [0.25, 0.3) is 0 Å². The maximum Gasteiger partial charge on any atom is 0.230 e. The van der Waals surface area contributed by atoms with E-state index in [-0.39, 0.29) is 11.9 Å². The second-order valence-corrected chi connectivity index (χ2v) is 8.87. The van der Waals surface area contributed by atoms with Crippen LogP contribution in [0.15, 0.2) is 53.0 Å². The smallest absolute Gasteiger partial charge is 0.230 e. The van der Waals surface area contributed by atoms with Crippen molar-refractivity contribution in [1.29, 1.82) is 0 Å². The number of nitrogens with one attached hydrogen (secondary N) is 1. The van der Waals surface area contributed by atoms with E-state index in [0.717, 1.165) is 34.4 Å². The summed E-state index contributed by atoms with van der Waals surface area (Å²) < 4.78 is 2.06. The van der Waals surface area contributed by atoms with Crippen LogP contribution in [-0.2, 0) is 11.3 Å². The lowest BCUT2D eigenvalue weighted by Crippen LogP contribution is -2.31. The van der Waals surface area contributed by atoms with Crippen LogP contribution in [0.3, 0.4) is 0 Å². The minimum atomic E-state index is 0.0165. The van der Waals surface area contributed by atoms with E-state index in [2.05, 4.69) is 53.0 Å². The predicted octanol–water partition coefficient (Wildman–Crippen LogP) is 5.02. The van der Waals surface area contributed by atoms with Gasteiger partial charge in [0.2, 0.25) is 5.91 Å². The molecule has 3 rings (SSSR count). The molecule has 1 unspecified atom stereocenters. The Hall–Kier alpha value is -2.12. The van der Waals surface area contributed by atoms with Crippen molar-refractivity contribution in [3.05, 3.63) is 53.4 Å². The molecule has 28 heavy (non-hydrogen) atoms. The van der Waals surface area contributed by atoms with Crippen LogP contribution in [0.25, 0.3) is 10.7 Å². The van der Waals surface area contributed by atoms with Gasteiger partial charge in [0.05, 0.1) is 16.7 Å². The molecule has 0 bridgehead atoms. The lowest BCUT2D eigenvalue weighted by Gasteiger charge is -2.21. The second-order valence-electron chi connectivity index (χ2n) is 6.98. The van der Waals surface area contributed by atoms with Gasteiger partial charge in [-0.1, -0.05) is 62.0 Å². The van der Waals surface area contributed by atoms with Crippen molar-refractivity contribution < 1.29 is 4.79 Å². The molecular formula is C21H26N4OS2. The number of hydrogen-bond acceptors (Lipinski definition) is 5. The zero-order chi connectivity index (χ0) is 19.9. The van der Waals surface area contributed by atoms with Gasteiger partial charge in [0.15, 0.2) is 11.0 Å². The third-order valence-electron chi connectivity index (χ3n) is 4.35. The van der Waals surface area contributed by atoms with Crippen molar-refractivity contribution in [2.45, 2.75) is 44.9 Å². The molecule has 7 heteroatoms. The van der Waals surface area contributed by atoms with E-state index in [0.29, 0.717) is 11.7 Å². The van der Waals surface area contributed by atoms with Crippen molar-refractivity contribution in [3.8, 4) is 10.7 Å². The minimum absolute atomic E-state index is 0.0165. The lowest BCUT2D eigenvalue weighted by atomic mass is 9.97. The van der Waals surface area contributed by atoms with Crippen molar-refractivity contribution in [2.75, 3.05) is 5.75 Å². The SMILES string of the molecule is CCn1c(SCC(=O)NC(CC(C)C)c2ccccc2)nnc1-c1cccs1. The number of hydrogen-bond donors (Lipinski definition) is 1. The standard InChI is InChI=1S/C21H26N4OS2/c1-4-25-20(18-11-8-12-27-18)23-24-21(25)28-14-19(26)22-17(13-15(2)3)16-9-6-5-7-10-16/h5-12,15,17H,4,13-14H2,1-3H3,(H,22,26). The summed E-state index contributed by atoms with van der Waals surface area (Å²) in [6.07, 6.45) is 0.911. The van der Waals surface area contributed by atoms with Gasteiger partial charge in [-0.05, 0) is 36.3 Å². The predicted molar refractivity (Wildman–Crippen MR) is 117 cm³/mol. The first-order valence-corrected chi connectivity index (χ1v) is 11.4. The van der Waals surface area contributed by atoms with E-state index in [1.54, 1.807) is 11.3 Å². The average Bonchev–Trinajstić information content (AvgIpc) is 3.35. The molecule has 5 nitrogen and oxygen atoms in total. The fourth-order valence-corrected chi connectivity index (χ4v) is 4.60. The van der Waals surface area contributed by atoms with E-state index < -0.39 is 0 Å². The van der Waals surface area contributed by atoms with Crippen molar-refractivity contribution in [3.63, 3.8) is 0 Å². The van der Waals surface area contributed by atoms with Crippen LogP contribution < -0.4 is 5.32 Å².